The summed E-state index contributed by atoms with van der Waals surface area (Å²) >= 11 is 0. The van der Waals surface area contributed by atoms with Gasteiger partial charge in [-0.15, -0.1) is 0 Å². The number of guanidine groups is 1. The van der Waals surface area contributed by atoms with Crippen LogP contribution < -0.4 is 15.5 Å². The fraction of sp³-hybridized carbons (Fsp3) is 0.545. The van der Waals surface area contributed by atoms with E-state index in [1.54, 1.807) is 0 Å². The summed E-state index contributed by atoms with van der Waals surface area (Å²) in [6, 6.07) is 10.3. The van der Waals surface area contributed by atoms with Crippen LogP contribution in [0.1, 0.15) is 25.3 Å². The fourth-order valence-electron chi connectivity index (χ4n) is 3.68. The number of para-hydroxylation sites is 1. The molecule has 1 aromatic heterocycles. The molecule has 1 unspecified atom stereocenters. The Labute approximate surface area is 173 Å². The number of ether oxygens (including phenoxy) is 1. The van der Waals surface area contributed by atoms with Gasteiger partial charge in [0.2, 0.25) is 0 Å². The minimum atomic E-state index is -0.0214. The van der Waals surface area contributed by atoms with Crippen LogP contribution in [0, 0.1) is 5.41 Å². The highest BCUT2D eigenvalue weighted by atomic mass is 16.5. The lowest BCUT2D eigenvalue weighted by Gasteiger charge is -2.27. The highest BCUT2D eigenvalue weighted by Crippen LogP contribution is 2.31. The molecule has 7 nitrogen and oxygen atoms in total. The van der Waals surface area contributed by atoms with E-state index in [9.17, 15) is 5.11 Å². The van der Waals surface area contributed by atoms with Gasteiger partial charge in [-0.2, -0.15) is 0 Å². The van der Waals surface area contributed by atoms with Crippen LogP contribution in [0.2, 0.25) is 0 Å². The summed E-state index contributed by atoms with van der Waals surface area (Å²) in [5, 5.41) is 17.4. The lowest BCUT2D eigenvalue weighted by atomic mass is 9.84. The van der Waals surface area contributed by atoms with Gasteiger partial charge in [-0.1, -0.05) is 18.2 Å². The van der Waals surface area contributed by atoms with Crippen molar-refractivity contribution < 1.29 is 9.84 Å². The zero-order chi connectivity index (χ0) is 20.7. The van der Waals surface area contributed by atoms with Crippen LogP contribution >= 0.6 is 0 Å². The van der Waals surface area contributed by atoms with Crippen LogP contribution in [-0.2, 0) is 11.3 Å². The smallest absolute Gasteiger partial charge is 0.191 e. The lowest BCUT2D eigenvalue weighted by Crippen LogP contribution is -2.44. The number of nitrogens with zero attached hydrogens (tertiary/aromatic N) is 3. The Morgan fingerprint density at radius 1 is 1.31 bits per heavy atom. The largest absolute Gasteiger partial charge is 0.396 e. The molecule has 1 aliphatic heterocycles. The summed E-state index contributed by atoms with van der Waals surface area (Å²) in [6.07, 6.45) is 1.70. The molecule has 0 spiro atoms. The second kappa shape index (κ2) is 9.89. The number of benzene rings is 1. The van der Waals surface area contributed by atoms with Crippen LogP contribution in [0.25, 0.3) is 10.9 Å². The fourth-order valence-corrected chi connectivity index (χ4v) is 3.68. The Kier molecular flexibility index (Phi) is 7.28. The minimum absolute atomic E-state index is 0.0214. The van der Waals surface area contributed by atoms with E-state index in [1.807, 2.05) is 37.2 Å². The van der Waals surface area contributed by atoms with Crippen LogP contribution in [0.3, 0.4) is 0 Å². The van der Waals surface area contributed by atoms with Crippen molar-refractivity contribution in [1.29, 1.82) is 0 Å². The highest BCUT2D eigenvalue weighted by molar-refractivity contribution is 5.85. The first kappa shape index (κ1) is 21.3. The first-order valence-electron chi connectivity index (χ1n) is 10.3. The van der Waals surface area contributed by atoms with Crippen molar-refractivity contribution >= 4 is 22.7 Å². The van der Waals surface area contributed by atoms with Gasteiger partial charge in [0.1, 0.15) is 5.82 Å². The summed E-state index contributed by atoms with van der Waals surface area (Å²) in [6.45, 7) is 5.75. The van der Waals surface area contributed by atoms with Gasteiger partial charge in [0.25, 0.3) is 0 Å². The van der Waals surface area contributed by atoms with Gasteiger partial charge in [-0.3, -0.25) is 0 Å². The van der Waals surface area contributed by atoms with E-state index in [-0.39, 0.29) is 12.0 Å². The van der Waals surface area contributed by atoms with Crippen molar-refractivity contribution in [2.24, 2.45) is 10.4 Å². The molecule has 1 fully saturated rings. The van der Waals surface area contributed by atoms with Gasteiger partial charge in [-0.25, -0.2) is 9.98 Å². The molecule has 7 heteroatoms. The normalized spacial score (nSPS) is 19.5. The molecule has 0 bridgehead atoms. The number of aromatic nitrogens is 1. The third-order valence-corrected chi connectivity index (χ3v) is 5.46. The predicted molar refractivity (Wildman–Crippen MR) is 118 cm³/mol. The number of hydrogen-bond donors (Lipinski definition) is 3. The molecule has 1 saturated heterocycles. The average Bonchev–Trinajstić information content (AvgIpc) is 3.18. The molecule has 0 saturated carbocycles. The van der Waals surface area contributed by atoms with E-state index in [0.717, 1.165) is 60.8 Å². The summed E-state index contributed by atoms with van der Waals surface area (Å²) in [4.78, 5) is 11.6. The second-order valence-corrected chi connectivity index (χ2v) is 7.88. The Balaban J connectivity index is 1.79. The first-order valence-corrected chi connectivity index (χ1v) is 10.3. The number of rotatable bonds is 8. The SMILES string of the molecule is CCNC(=NCc1cc(N(C)C)nc2ccccc12)NCC1(CCO)CCOC1. The number of aliphatic hydroxyl groups is 1. The van der Waals surface area contributed by atoms with Gasteiger partial charge in [0.05, 0.1) is 18.7 Å². The topological polar surface area (TPSA) is 82.0 Å². The Morgan fingerprint density at radius 2 is 2.14 bits per heavy atom. The number of nitrogens with one attached hydrogen (secondary N) is 2. The van der Waals surface area contributed by atoms with Crippen molar-refractivity contribution in [3.8, 4) is 0 Å². The van der Waals surface area contributed by atoms with Crippen molar-refractivity contribution in [2.75, 3.05) is 51.9 Å². The van der Waals surface area contributed by atoms with Gasteiger partial charge in [0.15, 0.2) is 5.96 Å². The van der Waals surface area contributed by atoms with Crippen molar-refractivity contribution in [1.82, 2.24) is 15.6 Å². The minimum Gasteiger partial charge on any atom is -0.396 e. The summed E-state index contributed by atoms with van der Waals surface area (Å²) < 4.78 is 5.60. The average molecular weight is 400 g/mol. The van der Waals surface area contributed by atoms with Gasteiger partial charge < -0.3 is 25.4 Å². The van der Waals surface area contributed by atoms with E-state index in [1.165, 1.54) is 0 Å². The molecular formula is C22H33N5O2. The molecule has 0 aliphatic carbocycles. The first-order chi connectivity index (χ1) is 14.1. The van der Waals surface area contributed by atoms with E-state index in [0.29, 0.717) is 13.2 Å². The van der Waals surface area contributed by atoms with E-state index in [4.69, 9.17) is 14.7 Å². The van der Waals surface area contributed by atoms with Crippen LogP contribution in [0.4, 0.5) is 5.82 Å². The van der Waals surface area contributed by atoms with E-state index in [2.05, 4.69) is 29.7 Å². The Morgan fingerprint density at radius 3 is 2.83 bits per heavy atom. The van der Waals surface area contributed by atoms with Crippen molar-refractivity contribution in [3.05, 3.63) is 35.9 Å². The van der Waals surface area contributed by atoms with Gasteiger partial charge >= 0.3 is 0 Å². The standard InChI is InChI=1S/C22H33N5O2/c1-4-23-21(25-15-22(9-11-28)10-12-29-16-22)24-14-17-13-20(27(2)3)26-19-8-6-5-7-18(17)19/h5-8,13,28H,4,9-12,14-16H2,1-3H3,(H2,23,24,25). The van der Waals surface area contributed by atoms with E-state index >= 15 is 0 Å². The third kappa shape index (κ3) is 5.36. The lowest BCUT2D eigenvalue weighted by molar-refractivity contribution is 0.127. The highest BCUT2D eigenvalue weighted by Gasteiger charge is 2.34. The third-order valence-electron chi connectivity index (χ3n) is 5.46. The Bertz CT molecular complexity index is 831. The maximum Gasteiger partial charge on any atom is 0.191 e. The second-order valence-electron chi connectivity index (χ2n) is 7.88. The van der Waals surface area contributed by atoms with Gasteiger partial charge in [-0.05, 0) is 37.5 Å². The molecule has 2 heterocycles. The molecule has 3 rings (SSSR count). The molecule has 0 radical (unpaired) electrons. The van der Waals surface area contributed by atoms with Gasteiger partial charge in [0, 0.05) is 51.2 Å². The summed E-state index contributed by atoms with van der Waals surface area (Å²) in [5.74, 6) is 1.71. The zero-order valence-corrected chi connectivity index (χ0v) is 17.7. The molecule has 1 aliphatic rings. The monoisotopic (exact) mass is 399 g/mol. The molecular weight excluding hydrogens is 366 g/mol. The predicted octanol–water partition coefficient (Wildman–Crippen LogP) is 2.15. The number of anilines is 1. The van der Waals surface area contributed by atoms with Crippen LogP contribution in [-0.4, -0.2) is 63.1 Å². The molecule has 3 N–H and O–H groups in total. The van der Waals surface area contributed by atoms with Crippen molar-refractivity contribution in [2.45, 2.75) is 26.3 Å². The number of hydrogen-bond acceptors (Lipinski definition) is 5. The maximum absolute atomic E-state index is 9.44. The number of fused-ring (bicyclic) bond motifs is 1. The van der Waals surface area contributed by atoms with Crippen LogP contribution in [0.5, 0.6) is 0 Å². The molecule has 1 atom stereocenters. The molecule has 1 aromatic carbocycles. The summed E-state index contributed by atoms with van der Waals surface area (Å²) in [7, 11) is 4.00. The van der Waals surface area contributed by atoms with Crippen molar-refractivity contribution in [3.63, 3.8) is 0 Å². The molecule has 29 heavy (non-hydrogen) atoms. The zero-order valence-electron chi connectivity index (χ0n) is 17.7. The Hall–Kier alpha value is -2.38. The van der Waals surface area contributed by atoms with Crippen LogP contribution in [0.15, 0.2) is 35.3 Å². The maximum atomic E-state index is 9.44. The summed E-state index contributed by atoms with van der Waals surface area (Å²) in [5.41, 5.74) is 2.10. The number of aliphatic hydroxyl groups excluding tert-OH is 1. The number of aliphatic imine (C=N–C) groups is 1. The molecule has 2 aromatic rings. The quantitative estimate of drug-likeness (QED) is 0.466. The number of pyridine rings is 1. The molecule has 0 amide bonds. The van der Waals surface area contributed by atoms with E-state index < -0.39 is 0 Å². The molecule has 158 valence electrons.